The molecular formula is C36H45N3O2. The van der Waals surface area contributed by atoms with Crippen LogP contribution in [0.3, 0.4) is 0 Å². The molecule has 1 N–H and O–H groups in total. The zero-order valence-corrected chi connectivity index (χ0v) is 24.9. The van der Waals surface area contributed by atoms with Gasteiger partial charge in [-0.2, -0.15) is 0 Å². The number of benzene rings is 3. The van der Waals surface area contributed by atoms with Crippen molar-refractivity contribution in [2.24, 2.45) is 5.92 Å². The Morgan fingerprint density at radius 1 is 0.780 bits per heavy atom. The number of para-hydroxylation sites is 1. The lowest BCUT2D eigenvalue weighted by Crippen LogP contribution is -2.44. The molecule has 0 radical (unpaired) electrons. The smallest absolute Gasteiger partial charge is 0.254 e. The highest BCUT2D eigenvalue weighted by Gasteiger charge is 2.23. The summed E-state index contributed by atoms with van der Waals surface area (Å²) in [7, 11) is 0. The summed E-state index contributed by atoms with van der Waals surface area (Å²) < 4.78 is 0. The minimum Gasteiger partial charge on any atom is -0.361 e. The molecule has 1 aromatic heterocycles. The Bertz CT molecular complexity index is 1370. The lowest BCUT2D eigenvalue weighted by atomic mass is 10.0. The second kappa shape index (κ2) is 15.2. The van der Waals surface area contributed by atoms with Crippen LogP contribution in [-0.4, -0.2) is 46.2 Å². The Labute approximate surface area is 245 Å². The highest BCUT2D eigenvalue weighted by atomic mass is 16.2. The predicted octanol–water partition coefficient (Wildman–Crippen LogP) is 7.66. The number of nitrogens with one attached hydrogen (secondary N) is 1. The number of aromatic amines is 1. The van der Waals surface area contributed by atoms with Gasteiger partial charge >= 0.3 is 0 Å². The third kappa shape index (κ3) is 8.81. The van der Waals surface area contributed by atoms with Gasteiger partial charge in [-0.15, -0.1) is 0 Å². The molecule has 41 heavy (non-hydrogen) atoms. The quantitative estimate of drug-likeness (QED) is 0.154. The first kappa shape index (κ1) is 30.1. The number of hydrogen-bond acceptors (Lipinski definition) is 2. The van der Waals surface area contributed by atoms with Crippen LogP contribution < -0.4 is 0 Å². The second-order valence-electron chi connectivity index (χ2n) is 11.5. The van der Waals surface area contributed by atoms with Crippen LogP contribution in [0.4, 0.5) is 0 Å². The van der Waals surface area contributed by atoms with E-state index in [1.807, 2.05) is 65.7 Å². The SMILES string of the molecule is CCCCCCc1ccc(C(=O)N(CC(=O)N(CCc2c[nH]c3ccccc23)Cc2ccccc2)CC(C)C)cc1. The van der Waals surface area contributed by atoms with Crippen LogP contribution in [0.2, 0.25) is 0 Å². The molecule has 3 aromatic carbocycles. The van der Waals surface area contributed by atoms with Gasteiger partial charge in [-0.1, -0.05) is 101 Å². The summed E-state index contributed by atoms with van der Waals surface area (Å²) in [5.41, 5.74) is 5.27. The summed E-state index contributed by atoms with van der Waals surface area (Å²) in [4.78, 5) is 34.5. The maximum absolute atomic E-state index is 13.8. The van der Waals surface area contributed by atoms with Gasteiger partial charge in [0.05, 0.1) is 0 Å². The predicted molar refractivity (Wildman–Crippen MR) is 169 cm³/mol. The zero-order valence-electron chi connectivity index (χ0n) is 24.9. The van der Waals surface area contributed by atoms with Crippen molar-refractivity contribution in [2.45, 2.75) is 65.8 Å². The van der Waals surface area contributed by atoms with Gasteiger partial charge in [-0.3, -0.25) is 9.59 Å². The lowest BCUT2D eigenvalue weighted by molar-refractivity contribution is -0.132. The Morgan fingerprint density at radius 2 is 1.51 bits per heavy atom. The van der Waals surface area contributed by atoms with Crippen molar-refractivity contribution in [3.63, 3.8) is 0 Å². The summed E-state index contributed by atoms with van der Waals surface area (Å²) in [6.45, 7) is 8.08. The number of aromatic nitrogens is 1. The number of aryl methyl sites for hydroxylation is 1. The summed E-state index contributed by atoms with van der Waals surface area (Å²) >= 11 is 0. The Balaban J connectivity index is 1.47. The minimum absolute atomic E-state index is 0.0322. The van der Waals surface area contributed by atoms with Crippen LogP contribution >= 0.6 is 0 Å². The number of carbonyl (C=O) groups is 2. The molecule has 4 rings (SSSR count). The van der Waals surface area contributed by atoms with Crippen molar-refractivity contribution in [3.8, 4) is 0 Å². The van der Waals surface area contributed by atoms with E-state index in [0.717, 1.165) is 23.9 Å². The standard InChI is InChI=1S/C36H45N3O2/c1-4-5-6-8-13-29-18-20-31(21-19-29)36(41)39(25-28(2)3)27-35(40)38(26-30-14-9-7-10-15-30)23-22-32-24-37-34-17-12-11-16-33(32)34/h7,9-12,14-21,24,28,37H,4-6,8,13,22-23,25-27H2,1-3H3. The number of amides is 2. The molecule has 0 atom stereocenters. The van der Waals surface area contributed by atoms with Gasteiger partial charge in [0.25, 0.3) is 5.91 Å². The van der Waals surface area contributed by atoms with Gasteiger partial charge in [-0.05, 0) is 60.1 Å². The van der Waals surface area contributed by atoms with Gasteiger partial charge in [0.15, 0.2) is 0 Å². The van der Waals surface area contributed by atoms with Crippen LogP contribution in [0, 0.1) is 5.92 Å². The molecular weight excluding hydrogens is 506 g/mol. The number of hydrogen-bond donors (Lipinski definition) is 1. The number of unbranched alkanes of at least 4 members (excludes halogenated alkanes) is 3. The normalized spacial score (nSPS) is 11.2. The molecule has 0 saturated carbocycles. The third-order valence-corrected chi connectivity index (χ3v) is 7.61. The first-order valence-corrected chi connectivity index (χ1v) is 15.2. The molecule has 0 fully saturated rings. The van der Waals surface area contributed by atoms with Crippen molar-refractivity contribution in [3.05, 3.63) is 107 Å². The molecule has 0 saturated heterocycles. The highest BCUT2D eigenvalue weighted by molar-refractivity contribution is 5.96. The fourth-order valence-electron chi connectivity index (χ4n) is 5.37. The van der Waals surface area contributed by atoms with E-state index in [0.29, 0.717) is 25.2 Å². The molecule has 0 spiro atoms. The van der Waals surface area contributed by atoms with Crippen molar-refractivity contribution in [1.29, 1.82) is 0 Å². The number of H-pyrrole nitrogens is 1. The van der Waals surface area contributed by atoms with E-state index in [1.165, 1.54) is 42.2 Å². The molecule has 0 unspecified atom stereocenters. The first-order chi connectivity index (χ1) is 19.9. The van der Waals surface area contributed by atoms with Crippen LogP contribution in [0.15, 0.2) is 85.1 Å². The molecule has 4 aromatic rings. The summed E-state index contributed by atoms with van der Waals surface area (Å²) in [6, 6.07) is 26.3. The number of nitrogens with zero attached hydrogens (tertiary/aromatic N) is 2. The van der Waals surface area contributed by atoms with E-state index in [4.69, 9.17) is 0 Å². The van der Waals surface area contributed by atoms with Gasteiger partial charge in [0.2, 0.25) is 5.91 Å². The molecule has 1 heterocycles. The van der Waals surface area contributed by atoms with Gasteiger partial charge < -0.3 is 14.8 Å². The van der Waals surface area contributed by atoms with Crippen molar-refractivity contribution in [1.82, 2.24) is 14.8 Å². The fourth-order valence-corrected chi connectivity index (χ4v) is 5.37. The van der Waals surface area contributed by atoms with E-state index >= 15 is 0 Å². The average molecular weight is 552 g/mol. The molecule has 0 aliphatic rings. The molecule has 5 nitrogen and oxygen atoms in total. The first-order valence-electron chi connectivity index (χ1n) is 15.2. The van der Waals surface area contributed by atoms with Crippen molar-refractivity contribution < 1.29 is 9.59 Å². The Morgan fingerprint density at radius 3 is 2.24 bits per heavy atom. The van der Waals surface area contributed by atoms with Crippen LogP contribution in [-0.2, 0) is 24.2 Å². The Hall–Kier alpha value is -3.86. The summed E-state index contributed by atoms with van der Waals surface area (Å²) in [5.74, 6) is 0.134. The van der Waals surface area contributed by atoms with Crippen LogP contribution in [0.1, 0.15) is 73.5 Å². The number of carbonyl (C=O) groups excluding carboxylic acids is 2. The maximum atomic E-state index is 13.8. The van der Waals surface area contributed by atoms with E-state index in [1.54, 1.807) is 4.90 Å². The minimum atomic E-state index is -0.0825. The molecule has 216 valence electrons. The largest absolute Gasteiger partial charge is 0.361 e. The van der Waals surface area contributed by atoms with E-state index in [9.17, 15) is 9.59 Å². The number of fused-ring (bicyclic) bond motifs is 1. The van der Waals surface area contributed by atoms with E-state index < -0.39 is 0 Å². The summed E-state index contributed by atoms with van der Waals surface area (Å²) in [5, 5.41) is 1.19. The molecule has 0 aliphatic heterocycles. The third-order valence-electron chi connectivity index (χ3n) is 7.61. The average Bonchev–Trinajstić information content (AvgIpc) is 3.40. The van der Waals surface area contributed by atoms with Crippen LogP contribution in [0.25, 0.3) is 10.9 Å². The second-order valence-corrected chi connectivity index (χ2v) is 11.5. The molecule has 2 amide bonds. The number of rotatable bonds is 15. The van der Waals surface area contributed by atoms with Crippen molar-refractivity contribution in [2.75, 3.05) is 19.6 Å². The molecule has 0 bridgehead atoms. The Kier molecular flexibility index (Phi) is 11.2. The molecule has 0 aliphatic carbocycles. The van der Waals surface area contributed by atoms with Gasteiger partial charge in [-0.25, -0.2) is 0 Å². The van der Waals surface area contributed by atoms with E-state index in [2.05, 4.69) is 50.0 Å². The lowest BCUT2D eigenvalue weighted by Gasteiger charge is -2.29. The van der Waals surface area contributed by atoms with Gasteiger partial charge in [0.1, 0.15) is 6.54 Å². The fraction of sp³-hybridized carbons (Fsp3) is 0.389. The topological polar surface area (TPSA) is 56.4 Å². The van der Waals surface area contributed by atoms with E-state index in [-0.39, 0.29) is 24.3 Å². The zero-order chi connectivity index (χ0) is 29.0. The van der Waals surface area contributed by atoms with Crippen LogP contribution in [0.5, 0.6) is 0 Å². The maximum Gasteiger partial charge on any atom is 0.254 e. The highest BCUT2D eigenvalue weighted by Crippen LogP contribution is 2.19. The monoisotopic (exact) mass is 551 g/mol. The molecule has 5 heteroatoms. The van der Waals surface area contributed by atoms with Crippen molar-refractivity contribution >= 4 is 22.7 Å². The summed E-state index contributed by atoms with van der Waals surface area (Å²) in [6.07, 6.45) is 8.71. The van der Waals surface area contributed by atoms with Gasteiger partial charge in [0, 0.05) is 42.3 Å².